The Morgan fingerprint density at radius 1 is 1.28 bits per heavy atom. The average molecular weight is 274 g/mol. The molecule has 0 fully saturated rings. The number of hydrogen-bond acceptors (Lipinski definition) is 3. The van der Waals surface area contributed by atoms with Gasteiger partial charge in [0, 0.05) is 6.04 Å². The van der Waals surface area contributed by atoms with E-state index in [4.69, 9.17) is 9.84 Å². The van der Waals surface area contributed by atoms with Crippen LogP contribution in [0, 0.1) is 13.8 Å². The molecule has 1 aromatic carbocycles. The summed E-state index contributed by atoms with van der Waals surface area (Å²) in [5, 5.41) is 12.4. The number of para-hydroxylation sites is 1. The molecule has 0 radical (unpaired) electrons. The van der Waals surface area contributed by atoms with Crippen LogP contribution in [-0.2, 0) is 0 Å². The second-order valence-electron chi connectivity index (χ2n) is 4.44. The first-order valence-corrected chi connectivity index (χ1v) is 6.18. The zero-order valence-electron chi connectivity index (χ0n) is 11.6. The van der Waals surface area contributed by atoms with Crippen molar-refractivity contribution in [3.63, 3.8) is 0 Å². The largest absolute Gasteiger partial charge is 0.475 e. The first-order valence-electron chi connectivity index (χ1n) is 6.18. The first-order chi connectivity index (χ1) is 8.08. The molecule has 0 amide bonds. The van der Waals surface area contributed by atoms with Crippen molar-refractivity contribution in [2.45, 2.75) is 46.4 Å². The van der Waals surface area contributed by atoms with Gasteiger partial charge in [-0.25, -0.2) is 0 Å². The van der Waals surface area contributed by atoms with Crippen LogP contribution in [0.4, 0.5) is 0 Å². The first kappa shape index (κ1) is 17.2. The summed E-state index contributed by atoms with van der Waals surface area (Å²) in [5.41, 5.74) is 2.27. The molecule has 1 unspecified atom stereocenters. The molecule has 3 nitrogen and oxygen atoms in total. The summed E-state index contributed by atoms with van der Waals surface area (Å²) in [4.78, 5) is 0. The quantitative estimate of drug-likeness (QED) is 0.783. The molecule has 0 aliphatic heterocycles. The second-order valence-corrected chi connectivity index (χ2v) is 4.44. The molecule has 0 aromatic heterocycles. The summed E-state index contributed by atoms with van der Waals surface area (Å²) in [6.45, 7) is 8.22. The molecular weight excluding hydrogens is 250 g/mol. The van der Waals surface area contributed by atoms with Crippen LogP contribution in [-0.4, -0.2) is 24.0 Å². The van der Waals surface area contributed by atoms with Crippen molar-refractivity contribution in [3.8, 4) is 5.75 Å². The monoisotopic (exact) mass is 273 g/mol. The maximum Gasteiger partial charge on any atom is 0.147 e. The van der Waals surface area contributed by atoms with E-state index in [0.29, 0.717) is 0 Å². The Hall–Kier alpha value is -0.770. The second kappa shape index (κ2) is 8.35. The number of nitrogens with one attached hydrogen (secondary N) is 1. The van der Waals surface area contributed by atoms with Crippen LogP contribution < -0.4 is 10.1 Å². The molecule has 0 saturated carbocycles. The van der Waals surface area contributed by atoms with Crippen molar-refractivity contribution in [1.82, 2.24) is 5.32 Å². The third-order valence-corrected chi connectivity index (χ3v) is 2.89. The highest BCUT2D eigenvalue weighted by Gasteiger charge is 2.12. The average Bonchev–Trinajstić information content (AvgIpc) is 2.31. The van der Waals surface area contributed by atoms with Crippen molar-refractivity contribution >= 4 is 12.4 Å². The number of halogens is 1. The van der Waals surface area contributed by atoms with E-state index < -0.39 is 0 Å². The predicted octanol–water partition coefficient (Wildman–Crippen LogP) is 2.81. The summed E-state index contributed by atoms with van der Waals surface area (Å²) in [7, 11) is 0. The summed E-state index contributed by atoms with van der Waals surface area (Å²) in [6.07, 6.45) is 0.781. The van der Waals surface area contributed by atoms with Gasteiger partial charge in [-0.05, 0) is 38.3 Å². The van der Waals surface area contributed by atoms with Crippen LogP contribution >= 0.6 is 12.4 Å². The van der Waals surface area contributed by atoms with Crippen LogP contribution in [0.2, 0.25) is 0 Å². The number of ether oxygens (including phenoxy) is 1. The Morgan fingerprint density at radius 3 is 2.28 bits per heavy atom. The van der Waals surface area contributed by atoms with E-state index in [9.17, 15) is 0 Å². The van der Waals surface area contributed by atoms with Crippen LogP contribution in [0.25, 0.3) is 0 Å². The number of rotatable bonds is 6. The van der Waals surface area contributed by atoms with Gasteiger partial charge in [-0.2, -0.15) is 0 Å². The van der Waals surface area contributed by atoms with Crippen LogP contribution in [0.5, 0.6) is 5.75 Å². The van der Waals surface area contributed by atoms with E-state index in [0.717, 1.165) is 23.3 Å². The lowest BCUT2D eigenvalue weighted by Gasteiger charge is -2.23. The fourth-order valence-corrected chi connectivity index (χ4v) is 1.83. The molecule has 0 heterocycles. The SMILES string of the molecule is CC[C@H](CO)NC(C)Oc1c(C)cccc1C.Cl. The van der Waals surface area contributed by atoms with Crippen LogP contribution in [0.3, 0.4) is 0 Å². The molecule has 2 N–H and O–H groups in total. The third kappa shape index (κ3) is 4.84. The lowest BCUT2D eigenvalue weighted by atomic mass is 10.1. The molecule has 1 rings (SSSR count). The highest BCUT2D eigenvalue weighted by atomic mass is 35.5. The molecule has 0 saturated heterocycles. The standard InChI is InChI=1S/C14H23NO2.ClH/c1-5-13(9-16)15-12(4)17-14-10(2)7-6-8-11(14)3;/h6-8,12-13,15-16H,5,9H2,1-4H3;1H/t12?,13-;/m1./s1. The van der Waals surface area contributed by atoms with Gasteiger partial charge in [0.25, 0.3) is 0 Å². The minimum atomic E-state index is -0.105. The van der Waals surface area contributed by atoms with Gasteiger partial charge in [0.1, 0.15) is 12.0 Å². The number of hydrogen-bond donors (Lipinski definition) is 2. The molecule has 2 atom stereocenters. The van der Waals surface area contributed by atoms with E-state index >= 15 is 0 Å². The Bertz CT molecular complexity index is 333. The van der Waals surface area contributed by atoms with E-state index in [1.165, 1.54) is 0 Å². The normalized spacial score (nSPS) is 13.6. The Balaban J connectivity index is 0.00000289. The lowest BCUT2D eigenvalue weighted by Crippen LogP contribution is -2.41. The van der Waals surface area contributed by atoms with Crippen molar-refractivity contribution in [3.05, 3.63) is 29.3 Å². The highest BCUT2D eigenvalue weighted by Crippen LogP contribution is 2.23. The predicted molar refractivity (Wildman–Crippen MR) is 77.6 cm³/mol. The summed E-state index contributed by atoms with van der Waals surface area (Å²) < 4.78 is 5.89. The van der Waals surface area contributed by atoms with Gasteiger partial charge in [-0.1, -0.05) is 25.1 Å². The molecule has 0 aliphatic rings. The zero-order valence-corrected chi connectivity index (χ0v) is 12.4. The van der Waals surface area contributed by atoms with Gasteiger partial charge in [0.2, 0.25) is 0 Å². The van der Waals surface area contributed by atoms with Gasteiger partial charge < -0.3 is 9.84 Å². The maximum absolute atomic E-state index is 9.13. The maximum atomic E-state index is 9.13. The molecule has 0 bridgehead atoms. The van der Waals surface area contributed by atoms with Crippen molar-refractivity contribution < 1.29 is 9.84 Å². The molecule has 1 aromatic rings. The zero-order chi connectivity index (χ0) is 12.8. The van der Waals surface area contributed by atoms with Gasteiger partial charge in [-0.15, -0.1) is 12.4 Å². The van der Waals surface area contributed by atoms with Gasteiger partial charge in [0.05, 0.1) is 6.61 Å². The van der Waals surface area contributed by atoms with Crippen molar-refractivity contribution in [2.24, 2.45) is 0 Å². The smallest absolute Gasteiger partial charge is 0.147 e. The Labute approximate surface area is 116 Å². The topological polar surface area (TPSA) is 41.5 Å². The molecule has 4 heteroatoms. The summed E-state index contributed by atoms with van der Waals surface area (Å²) in [6, 6.07) is 6.20. The summed E-state index contributed by atoms with van der Waals surface area (Å²) in [5.74, 6) is 0.931. The number of aliphatic hydroxyl groups is 1. The molecule has 0 aliphatic carbocycles. The minimum Gasteiger partial charge on any atom is -0.475 e. The number of benzene rings is 1. The fraction of sp³-hybridized carbons (Fsp3) is 0.571. The van der Waals surface area contributed by atoms with Gasteiger partial charge in [-0.3, -0.25) is 5.32 Å². The fourth-order valence-electron chi connectivity index (χ4n) is 1.83. The molecular formula is C14H24ClNO2. The van der Waals surface area contributed by atoms with Gasteiger partial charge >= 0.3 is 0 Å². The van der Waals surface area contributed by atoms with Crippen LogP contribution in [0.15, 0.2) is 18.2 Å². The van der Waals surface area contributed by atoms with Crippen LogP contribution in [0.1, 0.15) is 31.4 Å². The van der Waals surface area contributed by atoms with Gasteiger partial charge in [0.15, 0.2) is 0 Å². The molecule has 18 heavy (non-hydrogen) atoms. The summed E-state index contributed by atoms with van der Waals surface area (Å²) >= 11 is 0. The van der Waals surface area contributed by atoms with E-state index in [-0.39, 0.29) is 31.3 Å². The Kier molecular flexibility index (Phi) is 8.00. The number of aryl methyl sites for hydroxylation is 2. The van der Waals surface area contributed by atoms with E-state index in [2.05, 4.69) is 5.32 Å². The van der Waals surface area contributed by atoms with E-state index in [1.807, 2.05) is 45.9 Å². The van der Waals surface area contributed by atoms with E-state index in [1.54, 1.807) is 0 Å². The lowest BCUT2D eigenvalue weighted by molar-refractivity contribution is 0.136. The van der Waals surface area contributed by atoms with Crippen molar-refractivity contribution in [1.29, 1.82) is 0 Å². The highest BCUT2D eigenvalue weighted by molar-refractivity contribution is 5.85. The third-order valence-electron chi connectivity index (χ3n) is 2.89. The molecule has 0 spiro atoms. The number of aliphatic hydroxyl groups excluding tert-OH is 1. The Morgan fingerprint density at radius 2 is 1.83 bits per heavy atom. The van der Waals surface area contributed by atoms with Crippen molar-refractivity contribution in [2.75, 3.05) is 6.61 Å². The molecule has 104 valence electrons. The minimum absolute atomic E-state index is 0.